The summed E-state index contributed by atoms with van der Waals surface area (Å²) >= 11 is 0. The third-order valence-electron chi connectivity index (χ3n) is 2.13. The summed E-state index contributed by atoms with van der Waals surface area (Å²) in [5.41, 5.74) is 5.79. The summed E-state index contributed by atoms with van der Waals surface area (Å²) in [6, 6.07) is 4.51. The van der Waals surface area contributed by atoms with Crippen LogP contribution in [0, 0.1) is 0 Å². The van der Waals surface area contributed by atoms with E-state index in [1.54, 1.807) is 12.1 Å². The van der Waals surface area contributed by atoms with Crippen molar-refractivity contribution in [1.82, 2.24) is 4.31 Å². The van der Waals surface area contributed by atoms with Crippen LogP contribution in [0.3, 0.4) is 0 Å². The van der Waals surface area contributed by atoms with Crippen LogP contribution in [-0.2, 0) is 10.0 Å². The monoisotopic (exact) mass is 260 g/mol. The van der Waals surface area contributed by atoms with E-state index < -0.39 is 10.0 Å². The van der Waals surface area contributed by atoms with Crippen molar-refractivity contribution in [2.75, 3.05) is 33.0 Å². The molecule has 0 saturated carbocycles. The van der Waals surface area contributed by atoms with Gasteiger partial charge >= 0.3 is 0 Å². The zero-order chi connectivity index (χ0) is 13.1. The molecule has 1 aromatic rings. The molecule has 1 rings (SSSR count). The number of hydrogen-bond donors (Lipinski definition) is 2. The van der Waals surface area contributed by atoms with E-state index in [1.807, 2.05) is 0 Å². The number of rotatable bonds is 5. The van der Waals surface area contributed by atoms with Gasteiger partial charge in [0.2, 0.25) is 10.0 Å². The Bertz CT molecular complexity index is 485. The fourth-order valence-corrected chi connectivity index (χ4v) is 2.25. The lowest BCUT2D eigenvalue weighted by atomic mass is 10.3. The van der Waals surface area contributed by atoms with Crippen LogP contribution in [0.1, 0.15) is 0 Å². The molecule has 0 bridgehead atoms. The summed E-state index contributed by atoms with van der Waals surface area (Å²) < 4.78 is 30.1. The van der Waals surface area contributed by atoms with Gasteiger partial charge in [-0.05, 0) is 12.1 Å². The fraction of sp³-hybridized carbons (Fsp3) is 0.400. The zero-order valence-corrected chi connectivity index (χ0v) is 10.6. The van der Waals surface area contributed by atoms with Crippen LogP contribution in [0.15, 0.2) is 23.1 Å². The second-order valence-electron chi connectivity index (χ2n) is 3.53. The molecule has 0 aliphatic rings. The molecule has 0 aliphatic carbocycles. The topological polar surface area (TPSA) is 92.9 Å². The lowest BCUT2D eigenvalue weighted by Crippen LogP contribution is -2.23. The number of anilines is 1. The van der Waals surface area contributed by atoms with Gasteiger partial charge in [0.05, 0.1) is 12.3 Å². The van der Waals surface area contributed by atoms with Crippen molar-refractivity contribution in [3.63, 3.8) is 0 Å². The molecule has 0 fully saturated rings. The van der Waals surface area contributed by atoms with Crippen molar-refractivity contribution in [2.45, 2.75) is 4.90 Å². The maximum absolute atomic E-state index is 11.9. The quantitative estimate of drug-likeness (QED) is 0.721. The number of ether oxygens (including phenoxy) is 1. The molecule has 0 unspecified atom stereocenters. The number of hydrogen-bond acceptors (Lipinski definition) is 5. The summed E-state index contributed by atoms with van der Waals surface area (Å²) in [4.78, 5) is -0.00191. The Morgan fingerprint density at radius 2 is 2.06 bits per heavy atom. The molecule has 0 atom stereocenters. The molecule has 17 heavy (non-hydrogen) atoms. The van der Waals surface area contributed by atoms with Gasteiger partial charge in [0, 0.05) is 14.1 Å². The number of sulfonamides is 1. The van der Waals surface area contributed by atoms with Gasteiger partial charge < -0.3 is 15.6 Å². The van der Waals surface area contributed by atoms with Crippen LogP contribution in [0.4, 0.5) is 5.69 Å². The molecule has 6 nitrogen and oxygen atoms in total. The Morgan fingerprint density at radius 3 is 2.59 bits per heavy atom. The van der Waals surface area contributed by atoms with Gasteiger partial charge in [-0.3, -0.25) is 0 Å². The van der Waals surface area contributed by atoms with Crippen molar-refractivity contribution in [3.05, 3.63) is 18.2 Å². The predicted octanol–water partition coefficient (Wildman–Crippen LogP) is -0.110. The standard InChI is InChI=1S/C10H16N2O4S/c1-12(2)17(14,15)9-5-3-4-8(10(9)11)16-7-6-13/h3-5,13H,6-7,11H2,1-2H3. The van der Waals surface area contributed by atoms with E-state index in [2.05, 4.69) is 0 Å². The van der Waals surface area contributed by atoms with E-state index in [1.165, 1.54) is 20.2 Å². The molecule has 0 spiro atoms. The minimum atomic E-state index is -3.59. The van der Waals surface area contributed by atoms with Gasteiger partial charge in [0.1, 0.15) is 17.3 Å². The van der Waals surface area contributed by atoms with Gasteiger partial charge in [-0.25, -0.2) is 12.7 Å². The molecule has 96 valence electrons. The molecule has 3 N–H and O–H groups in total. The molecule has 0 heterocycles. The Morgan fingerprint density at radius 1 is 1.41 bits per heavy atom. The number of nitrogens with zero attached hydrogens (tertiary/aromatic N) is 1. The number of para-hydroxylation sites is 1. The Hall–Kier alpha value is -1.31. The van der Waals surface area contributed by atoms with Crippen LogP contribution < -0.4 is 10.5 Å². The lowest BCUT2D eigenvalue weighted by molar-refractivity contribution is 0.202. The summed E-state index contributed by atoms with van der Waals surface area (Å²) in [7, 11) is -0.736. The van der Waals surface area contributed by atoms with Gasteiger partial charge in [0.25, 0.3) is 0 Å². The molecule has 0 radical (unpaired) electrons. The average Bonchev–Trinajstić information content (AvgIpc) is 2.27. The molecule has 0 saturated heterocycles. The van der Waals surface area contributed by atoms with Crippen molar-refractivity contribution in [1.29, 1.82) is 0 Å². The highest BCUT2D eigenvalue weighted by molar-refractivity contribution is 7.89. The summed E-state index contributed by atoms with van der Waals surface area (Å²) in [5.74, 6) is 0.252. The molecule has 1 aromatic carbocycles. The van der Waals surface area contributed by atoms with Crippen molar-refractivity contribution in [3.8, 4) is 5.75 Å². The largest absolute Gasteiger partial charge is 0.489 e. The van der Waals surface area contributed by atoms with Crippen molar-refractivity contribution < 1.29 is 18.3 Å². The Kier molecular flexibility index (Phi) is 4.33. The molecular formula is C10H16N2O4S. The molecule has 0 amide bonds. The third-order valence-corrected chi connectivity index (χ3v) is 4.01. The first kappa shape index (κ1) is 13.8. The molecule has 0 aliphatic heterocycles. The van der Waals surface area contributed by atoms with E-state index in [0.29, 0.717) is 0 Å². The molecular weight excluding hydrogens is 244 g/mol. The van der Waals surface area contributed by atoms with E-state index in [9.17, 15) is 8.42 Å². The molecule has 0 aromatic heterocycles. The normalized spacial score (nSPS) is 11.8. The molecule has 7 heteroatoms. The maximum Gasteiger partial charge on any atom is 0.244 e. The van der Waals surface area contributed by atoms with Crippen LogP contribution >= 0.6 is 0 Å². The first-order chi connectivity index (χ1) is 7.91. The highest BCUT2D eigenvalue weighted by atomic mass is 32.2. The predicted molar refractivity (Wildman–Crippen MR) is 64.3 cm³/mol. The van der Waals surface area contributed by atoms with Crippen LogP contribution in [0.25, 0.3) is 0 Å². The average molecular weight is 260 g/mol. The Labute approximate surface area is 101 Å². The number of nitrogen functional groups attached to an aromatic ring is 1. The number of aliphatic hydroxyl groups excluding tert-OH is 1. The minimum Gasteiger partial charge on any atom is -0.489 e. The van der Waals surface area contributed by atoms with Crippen LogP contribution in [0.2, 0.25) is 0 Å². The van der Waals surface area contributed by atoms with Gasteiger partial charge in [-0.1, -0.05) is 6.07 Å². The van der Waals surface area contributed by atoms with Crippen LogP contribution in [-0.4, -0.2) is 45.1 Å². The van der Waals surface area contributed by atoms with Crippen LogP contribution in [0.5, 0.6) is 5.75 Å². The number of benzene rings is 1. The number of nitrogens with two attached hydrogens (primary N) is 1. The second-order valence-corrected chi connectivity index (χ2v) is 5.65. The fourth-order valence-electron chi connectivity index (χ4n) is 1.23. The minimum absolute atomic E-state index is 0.00191. The van der Waals surface area contributed by atoms with Gasteiger partial charge in [-0.2, -0.15) is 0 Å². The highest BCUT2D eigenvalue weighted by Gasteiger charge is 2.22. The first-order valence-corrected chi connectivity index (χ1v) is 6.40. The zero-order valence-electron chi connectivity index (χ0n) is 9.75. The lowest BCUT2D eigenvalue weighted by Gasteiger charge is -2.15. The third kappa shape index (κ3) is 2.87. The summed E-state index contributed by atoms with van der Waals surface area (Å²) in [5, 5.41) is 8.64. The Balaban J connectivity index is 3.19. The maximum atomic E-state index is 11.9. The summed E-state index contributed by atoms with van der Waals surface area (Å²) in [6.45, 7) is -0.0975. The second kappa shape index (κ2) is 5.35. The first-order valence-electron chi connectivity index (χ1n) is 4.96. The van der Waals surface area contributed by atoms with Gasteiger partial charge in [-0.15, -0.1) is 0 Å². The van der Waals surface area contributed by atoms with Crippen molar-refractivity contribution in [2.24, 2.45) is 0 Å². The highest BCUT2D eigenvalue weighted by Crippen LogP contribution is 2.29. The smallest absolute Gasteiger partial charge is 0.244 e. The SMILES string of the molecule is CN(C)S(=O)(=O)c1cccc(OCCO)c1N. The van der Waals surface area contributed by atoms with E-state index in [0.717, 1.165) is 4.31 Å². The summed E-state index contributed by atoms with van der Waals surface area (Å²) in [6.07, 6.45) is 0. The van der Waals surface area contributed by atoms with E-state index in [4.69, 9.17) is 15.6 Å². The van der Waals surface area contributed by atoms with E-state index >= 15 is 0 Å². The van der Waals surface area contributed by atoms with E-state index in [-0.39, 0.29) is 29.5 Å². The van der Waals surface area contributed by atoms with Gasteiger partial charge in [0.15, 0.2) is 0 Å². The van der Waals surface area contributed by atoms with Crippen molar-refractivity contribution >= 4 is 15.7 Å². The number of aliphatic hydroxyl groups is 1.